The summed E-state index contributed by atoms with van der Waals surface area (Å²) in [6.07, 6.45) is 0. The van der Waals surface area contributed by atoms with Crippen LogP contribution in [0.25, 0.3) is 135 Å². The molecule has 2 aromatic heterocycles. The van der Waals surface area contributed by atoms with Crippen molar-refractivity contribution < 1.29 is 0 Å². The van der Waals surface area contributed by atoms with Crippen LogP contribution in [0.1, 0.15) is 66.8 Å². The van der Waals surface area contributed by atoms with Crippen LogP contribution in [0.2, 0.25) is 0 Å². The van der Waals surface area contributed by atoms with Crippen LogP contribution in [0.5, 0.6) is 0 Å². The monoisotopic (exact) mass is 1730 g/mol. The smallest absolute Gasteiger partial charge is 0.164 e. The molecule has 22 aromatic rings. The highest BCUT2D eigenvalue weighted by atomic mass is 15.0. The summed E-state index contributed by atoms with van der Waals surface area (Å²) >= 11 is 0. The van der Waals surface area contributed by atoms with Gasteiger partial charge in [-0.2, -0.15) is 0 Å². The van der Waals surface area contributed by atoms with Crippen molar-refractivity contribution in [3.8, 4) is 135 Å². The van der Waals surface area contributed by atoms with Crippen molar-refractivity contribution in [1.29, 1.82) is 0 Å². The van der Waals surface area contributed by atoms with Gasteiger partial charge in [0.2, 0.25) is 0 Å². The van der Waals surface area contributed by atoms with Crippen molar-refractivity contribution in [2.24, 2.45) is 0 Å². The van der Waals surface area contributed by atoms with E-state index < -0.39 is 21.7 Å². The molecule has 0 fully saturated rings. The third-order valence-electron chi connectivity index (χ3n) is 27.6. The zero-order valence-corrected chi connectivity index (χ0v) is 74.6. The summed E-state index contributed by atoms with van der Waals surface area (Å²) < 4.78 is 0. The van der Waals surface area contributed by atoms with Crippen molar-refractivity contribution >= 4 is 0 Å². The number of fused-ring (bicyclic) bond motifs is 6. The number of hydrogen-bond donors (Lipinski definition) is 0. The molecule has 2 aliphatic rings. The molecule has 0 spiro atoms. The maximum Gasteiger partial charge on any atom is 0.164 e. The van der Waals surface area contributed by atoms with Crippen LogP contribution in [0.15, 0.2) is 546 Å². The minimum Gasteiger partial charge on any atom is -0.208 e. The quantitative estimate of drug-likeness (QED) is 0.0852. The molecule has 0 N–H and O–H groups in total. The highest BCUT2D eigenvalue weighted by Gasteiger charge is 2.63. The van der Waals surface area contributed by atoms with Crippen LogP contribution >= 0.6 is 0 Å². The summed E-state index contributed by atoms with van der Waals surface area (Å²) in [5.74, 6) is 3.83. The fraction of sp³-hybridized carbons (Fsp3) is 0.0308. The first-order chi connectivity index (χ1) is 67.5. The highest BCUT2D eigenvalue weighted by Crippen LogP contribution is 2.68. The van der Waals surface area contributed by atoms with Gasteiger partial charge in [-0.15, -0.1) is 0 Å². The van der Waals surface area contributed by atoms with Crippen molar-refractivity contribution in [1.82, 2.24) is 29.9 Å². The molecule has 0 radical (unpaired) electrons. The molecule has 20 aromatic carbocycles. The van der Waals surface area contributed by atoms with E-state index in [0.717, 1.165) is 77.9 Å². The van der Waals surface area contributed by atoms with Crippen molar-refractivity contribution in [3.05, 3.63) is 613 Å². The van der Waals surface area contributed by atoms with E-state index in [4.69, 9.17) is 29.9 Å². The van der Waals surface area contributed by atoms with Gasteiger partial charge in [0.05, 0.1) is 21.7 Å². The highest BCUT2D eigenvalue weighted by molar-refractivity contribution is 5.95. The molecule has 640 valence electrons. The molecule has 0 bridgehead atoms. The van der Waals surface area contributed by atoms with Gasteiger partial charge in [-0.1, -0.05) is 528 Å². The number of rotatable bonds is 18. The third kappa shape index (κ3) is 14.2. The first kappa shape index (κ1) is 82.8. The van der Waals surface area contributed by atoms with Gasteiger partial charge in [-0.05, 0) is 152 Å². The molecule has 0 saturated carbocycles. The molecule has 0 atom stereocenters. The Bertz CT molecular complexity index is 7740. The van der Waals surface area contributed by atoms with Crippen LogP contribution in [-0.4, -0.2) is 29.9 Å². The number of aromatic nitrogens is 6. The van der Waals surface area contributed by atoms with Crippen LogP contribution in [0.3, 0.4) is 0 Å². The predicted octanol–water partition coefficient (Wildman–Crippen LogP) is 31.1. The Morgan fingerprint density at radius 1 is 0.103 bits per heavy atom. The van der Waals surface area contributed by atoms with Crippen molar-refractivity contribution in [2.75, 3.05) is 0 Å². The standard InChI is InChI=1S/2C65H45N3/c1-7-24-46(25-8-1)61-66-62(47-26-9-2-10-27-47)68-63(67-61)50-29-23-28-48(44-50)55-38-19-20-39-56(55)49-42-43-60-58(45-49)57-40-21-22-41-59(57)64(51-30-11-3-12-31-51,52-32-13-4-14-33-52)65(60,53-34-15-5-16-35-53)54-36-17-6-18-37-54;1-7-23-47(24-8-1)61-66-62(48-25-9-2-10-26-48)68-63(67-61)49-41-39-46(40-42-49)55-35-19-20-36-56(55)50-43-44-60-58(45-50)57-37-21-22-38-59(57)64(51-27-11-3-12-28-51,52-29-13-4-14-30-52)65(60,53-31-15-5-16-32-53)54-33-17-6-18-34-54/h2*1-45H. The van der Waals surface area contributed by atoms with Gasteiger partial charge in [-0.25, -0.2) is 29.9 Å². The number of benzene rings is 20. The Kier molecular flexibility index (Phi) is 21.9. The minimum absolute atomic E-state index is 0.626. The average Bonchev–Trinajstić information content (AvgIpc) is 0.664. The van der Waals surface area contributed by atoms with E-state index in [0.29, 0.717) is 34.9 Å². The van der Waals surface area contributed by atoms with Gasteiger partial charge in [-0.3, -0.25) is 0 Å². The number of nitrogens with zero attached hydrogens (tertiary/aromatic N) is 6. The fourth-order valence-corrected chi connectivity index (χ4v) is 22.0. The van der Waals surface area contributed by atoms with Gasteiger partial charge in [0.15, 0.2) is 34.9 Å². The Hall–Kier alpha value is -17.6. The lowest BCUT2D eigenvalue weighted by Crippen LogP contribution is -2.54. The Labute approximate surface area is 793 Å². The summed E-state index contributed by atoms with van der Waals surface area (Å²) in [7, 11) is 0. The number of hydrogen-bond acceptors (Lipinski definition) is 6. The normalized spacial score (nSPS) is 13.2. The SMILES string of the molecule is c1ccc(-c2nc(-c3ccccc3)nc(-c3ccc(-c4ccccc4-c4ccc5c(c4)-c4ccccc4C(c4ccccc4)(c4ccccc4)C5(c4ccccc4)c4ccccc4)cc3)n2)cc1.c1ccc(-c2nc(-c3ccccc3)nc(-c3cccc(-c4ccccc4-c4ccc5c(c4)-c4ccccc4C(c4ccccc4)(c4ccccc4)C5(c4ccccc4)c4ccccc4)c3)n2)cc1. The molecular weight excluding hydrogens is 1650 g/mol. The second-order valence-electron chi connectivity index (χ2n) is 34.9. The van der Waals surface area contributed by atoms with Crippen LogP contribution in [0.4, 0.5) is 0 Å². The first-order valence-corrected chi connectivity index (χ1v) is 46.5. The zero-order chi connectivity index (χ0) is 90.7. The second kappa shape index (κ2) is 35.9. The summed E-state index contributed by atoms with van der Waals surface area (Å²) in [6, 6.07) is 197. The molecule has 0 aliphatic heterocycles. The molecule has 24 rings (SSSR count). The largest absolute Gasteiger partial charge is 0.208 e. The van der Waals surface area contributed by atoms with E-state index in [1.54, 1.807) is 0 Å². The second-order valence-corrected chi connectivity index (χ2v) is 34.9. The molecule has 136 heavy (non-hydrogen) atoms. The Balaban J connectivity index is 0.000000153. The Morgan fingerprint density at radius 3 is 0.537 bits per heavy atom. The molecule has 0 saturated heterocycles. The van der Waals surface area contributed by atoms with E-state index in [9.17, 15) is 0 Å². The molecule has 2 heterocycles. The molecule has 6 heteroatoms. The van der Waals surface area contributed by atoms with E-state index >= 15 is 0 Å². The minimum atomic E-state index is -0.712. The Morgan fingerprint density at radius 2 is 0.272 bits per heavy atom. The van der Waals surface area contributed by atoms with Gasteiger partial charge >= 0.3 is 0 Å². The molecular formula is C130H90N6. The van der Waals surface area contributed by atoms with E-state index in [2.05, 4.69) is 425 Å². The lowest BCUT2D eigenvalue weighted by Gasteiger charge is -2.57. The van der Waals surface area contributed by atoms with Gasteiger partial charge in [0.25, 0.3) is 0 Å². The first-order valence-electron chi connectivity index (χ1n) is 46.5. The fourth-order valence-electron chi connectivity index (χ4n) is 22.0. The van der Waals surface area contributed by atoms with Gasteiger partial charge in [0.1, 0.15) is 0 Å². The van der Waals surface area contributed by atoms with E-state index in [1.165, 1.54) is 89.0 Å². The van der Waals surface area contributed by atoms with Crippen LogP contribution in [0, 0.1) is 0 Å². The topological polar surface area (TPSA) is 77.3 Å². The van der Waals surface area contributed by atoms with Gasteiger partial charge < -0.3 is 0 Å². The molecule has 2 aliphatic carbocycles. The maximum absolute atomic E-state index is 5.08. The summed E-state index contributed by atoms with van der Waals surface area (Å²) in [6.45, 7) is 0. The molecule has 6 nitrogen and oxygen atoms in total. The maximum atomic E-state index is 5.08. The predicted molar refractivity (Wildman–Crippen MR) is 556 cm³/mol. The lowest BCUT2D eigenvalue weighted by atomic mass is 9.43. The average molecular weight is 1740 g/mol. The van der Waals surface area contributed by atoms with Crippen molar-refractivity contribution in [2.45, 2.75) is 21.7 Å². The summed E-state index contributed by atoms with van der Waals surface area (Å²) in [4.78, 5) is 30.0. The zero-order valence-electron chi connectivity index (χ0n) is 74.6. The van der Waals surface area contributed by atoms with Crippen molar-refractivity contribution in [3.63, 3.8) is 0 Å². The summed E-state index contributed by atoms with van der Waals surface area (Å²) in [5.41, 5.74) is 31.7. The van der Waals surface area contributed by atoms with E-state index in [1.807, 2.05) is 121 Å². The third-order valence-corrected chi connectivity index (χ3v) is 27.6. The summed E-state index contributed by atoms with van der Waals surface area (Å²) in [5, 5.41) is 0. The van der Waals surface area contributed by atoms with Crippen LogP contribution < -0.4 is 0 Å². The van der Waals surface area contributed by atoms with Gasteiger partial charge in [0, 0.05) is 33.4 Å². The van der Waals surface area contributed by atoms with E-state index in [-0.39, 0.29) is 0 Å². The lowest BCUT2D eigenvalue weighted by molar-refractivity contribution is 0.415. The molecule has 0 amide bonds. The van der Waals surface area contributed by atoms with Crippen LogP contribution in [-0.2, 0) is 21.7 Å². The molecule has 0 unspecified atom stereocenters.